The average molecular weight is 327 g/mol. The third kappa shape index (κ3) is 4.35. The highest BCUT2D eigenvalue weighted by molar-refractivity contribution is 5.98. The molecule has 0 saturated carbocycles. The first kappa shape index (κ1) is 17.5. The summed E-state index contributed by atoms with van der Waals surface area (Å²) in [7, 11) is 1.47. The van der Waals surface area contributed by atoms with Gasteiger partial charge in [0.05, 0.1) is 7.11 Å². The van der Waals surface area contributed by atoms with Crippen LogP contribution in [0.25, 0.3) is 0 Å². The molecule has 0 aliphatic rings. The van der Waals surface area contributed by atoms with Crippen LogP contribution in [0.1, 0.15) is 29.8 Å². The number of hydrogen-bond donors (Lipinski definition) is 1. The summed E-state index contributed by atoms with van der Waals surface area (Å²) in [5, 5.41) is 2.73. The molecule has 126 valence electrons. The molecular formula is C19H21NO4. The number of nitrogens with one attached hydrogen (secondary N) is 1. The van der Waals surface area contributed by atoms with Crippen LogP contribution in [0.2, 0.25) is 0 Å². The molecule has 0 saturated heterocycles. The van der Waals surface area contributed by atoms with Crippen LogP contribution in [-0.4, -0.2) is 25.1 Å². The predicted octanol–water partition coefficient (Wildman–Crippen LogP) is 3.44. The van der Waals surface area contributed by atoms with Gasteiger partial charge in [0.2, 0.25) is 0 Å². The number of carbonyl (C=O) groups excluding carboxylic acids is 2. The van der Waals surface area contributed by atoms with Gasteiger partial charge < -0.3 is 14.8 Å². The number of esters is 1. The van der Waals surface area contributed by atoms with Crippen molar-refractivity contribution < 1.29 is 19.1 Å². The Labute approximate surface area is 141 Å². The monoisotopic (exact) mass is 327 g/mol. The van der Waals surface area contributed by atoms with Gasteiger partial charge in [-0.1, -0.05) is 31.2 Å². The van der Waals surface area contributed by atoms with E-state index in [0.29, 0.717) is 11.4 Å². The van der Waals surface area contributed by atoms with Crippen molar-refractivity contribution in [2.75, 3.05) is 12.4 Å². The molecule has 2 aromatic rings. The first-order valence-corrected chi connectivity index (χ1v) is 7.79. The maximum atomic E-state index is 12.2. The minimum atomic E-state index is -0.923. The lowest BCUT2D eigenvalue weighted by atomic mass is 10.1. The predicted molar refractivity (Wildman–Crippen MR) is 92.3 cm³/mol. The van der Waals surface area contributed by atoms with Crippen molar-refractivity contribution in [2.24, 2.45) is 0 Å². The van der Waals surface area contributed by atoms with E-state index in [1.54, 1.807) is 24.3 Å². The van der Waals surface area contributed by atoms with Crippen LogP contribution in [0.15, 0.2) is 48.5 Å². The fourth-order valence-electron chi connectivity index (χ4n) is 2.16. The Morgan fingerprint density at radius 1 is 1.08 bits per heavy atom. The second-order valence-corrected chi connectivity index (χ2v) is 5.29. The highest BCUT2D eigenvalue weighted by Crippen LogP contribution is 2.19. The van der Waals surface area contributed by atoms with Gasteiger partial charge in [0.25, 0.3) is 5.91 Å². The van der Waals surface area contributed by atoms with E-state index in [9.17, 15) is 9.59 Å². The largest absolute Gasteiger partial charge is 0.496 e. The number of rotatable bonds is 6. The van der Waals surface area contributed by atoms with Crippen molar-refractivity contribution in [3.63, 3.8) is 0 Å². The molecule has 5 nitrogen and oxygen atoms in total. The van der Waals surface area contributed by atoms with Crippen LogP contribution < -0.4 is 10.1 Å². The third-order valence-electron chi connectivity index (χ3n) is 3.61. The maximum absolute atomic E-state index is 12.2. The zero-order valence-corrected chi connectivity index (χ0v) is 14.0. The lowest BCUT2D eigenvalue weighted by molar-refractivity contribution is -0.123. The van der Waals surface area contributed by atoms with Gasteiger partial charge >= 0.3 is 5.97 Å². The Morgan fingerprint density at radius 3 is 2.38 bits per heavy atom. The fourth-order valence-corrected chi connectivity index (χ4v) is 2.16. The zero-order valence-electron chi connectivity index (χ0n) is 14.0. The first-order chi connectivity index (χ1) is 11.5. The first-order valence-electron chi connectivity index (χ1n) is 7.79. The molecule has 24 heavy (non-hydrogen) atoms. The summed E-state index contributed by atoms with van der Waals surface area (Å²) in [5.41, 5.74) is 2.13. The molecule has 0 bridgehead atoms. The molecule has 1 atom stereocenters. The van der Waals surface area contributed by atoms with Crippen LogP contribution in [-0.2, 0) is 16.0 Å². The van der Waals surface area contributed by atoms with E-state index < -0.39 is 12.1 Å². The smallest absolute Gasteiger partial charge is 0.342 e. The lowest BCUT2D eigenvalue weighted by Gasteiger charge is -2.15. The number of methoxy groups -OCH3 is 1. The summed E-state index contributed by atoms with van der Waals surface area (Å²) in [6.07, 6.45) is 0.00879. The molecule has 0 aliphatic carbocycles. The van der Waals surface area contributed by atoms with Crippen LogP contribution in [0, 0.1) is 0 Å². The van der Waals surface area contributed by atoms with Crippen molar-refractivity contribution in [1.82, 2.24) is 0 Å². The van der Waals surface area contributed by atoms with Crippen LogP contribution >= 0.6 is 0 Å². The molecule has 0 radical (unpaired) electrons. The van der Waals surface area contributed by atoms with Gasteiger partial charge in [0.1, 0.15) is 11.3 Å². The summed E-state index contributed by atoms with van der Waals surface area (Å²) < 4.78 is 10.4. The van der Waals surface area contributed by atoms with E-state index in [2.05, 4.69) is 12.2 Å². The SMILES string of the molecule is CCc1ccc(NC(=O)[C@H](C)OC(=O)c2ccccc2OC)cc1. The minimum absolute atomic E-state index is 0.284. The Morgan fingerprint density at radius 2 is 1.75 bits per heavy atom. The maximum Gasteiger partial charge on any atom is 0.342 e. The van der Waals surface area contributed by atoms with Gasteiger partial charge in [0.15, 0.2) is 6.10 Å². The van der Waals surface area contributed by atoms with E-state index in [-0.39, 0.29) is 11.5 Å². The molecule has 0 aromatic heterocycles. The molecule has 1 amide bonds. The van der Waals surface area contributed by atoms with Gasteiger partial charge in [-0.05, 0) is 43.2 Å². The van der Waals surface area contributed by atoms with E-state index in [4.69, 9.17) is 9.47 Å². The van der Waals surface area contributed by atoms with Gasteiger partial charge in [-0.25, -0.2) is 4.79 Å². The van der Waals surface area contributed by atoms with Crippen molar-refractivity contribution in [2.45, 2.75) is 26.4 Å². The van der Waals surface area contributed by atoms with Gasteiger partial charge in [-0.3, -0.25) is 4.79 Å². The van der Waals surface area contributed by atoms with Crippen molar-refractivity contribution in [3.8, 4) is 5.75 Å². The molecule has 2 aromatic carbocycles. The normalized spacial score (nSPS) is 11.5. The third-order valence-corrected chi connectivity index (χ3v) is 3.61. The van der Waals surface area contributed by atoms with E-state index >= 15 is 0 Å². The van der Waals surface area contributed by atoms with Gasteiger partial charge in [-0.2, -0.15) is 0 Å². The molecule has 1 N–H and O–H groups in total. The molecule has 0 fully saturated rings. The van der Waals surface area contributed by atoms with Crippen molar-refractivity contribution >= 4 is 17.6 Å². The molecule has 0 heterocycles. The van der Waals surface area contributed by atoms with Crippen molar-refractivity contribution in [3.05, 3.63) is 59.7 Å². The number of benzene rings is 2. The Bertz CT molecular complexity index is 710. The number of amides is 1. The second-order valence-electron chi connectivity index (χ2n) is 5.29. The van der Waals surface area contributed by atoms with Crippen LogP contribution in [0.5, 0.6) is 5.75 Å². The van der Waals surface area contributed by atoms with Crippen LogP contribution in [0.3, 0.4) is 0 Å². The summed E-state index contributed by atoms with van der Waals surface area (Å²) in [6.45, 7) is 3.59. The number of aryl methyl sites for hydroxylation is 1. The highest BCUT2D eigenvalue weighted by atomic mass is 16.5. The highest BCUT2D eigenvalue weighted by Gasteiger charge is 2.21. The van der Waals surface area contributed by atoms with Gasteiger partial charge in [-0.15, -0.1) is 0 Å². The number of para-hydroxylation sites is 1. The van der Waals surface area contributed by atoms with Crippen molar-refractivity contribution in [1.29, 1.82) is 0 Å². The van der Waals surface area contributed by atoms with Crippen LogP contribution in [0.4, 0.5) is 5.69 Å². The molecule has 0 spiro atoms. The molecule has 5 heteroatoms. The van der Waals surface area contributed by atoms with Gasteiger partial charge in [0, 0.05) is 5.69 Å². The van der Waals surface area contributed by atoms with E-state index in [1.165, 1.54) is 19.6 Å². The number of hydrogen-bond acceptors (Lipinski definition) is 4. The number of carbonyl (C=O) groups is 2. The summed E-state index contributed by atoms with van der Waals surface area (Å²) in [5.74, 6) is -0.579. The lowest BCUT2D eigenvalue weighted by Crippen LogP contribution is -2.30. The zero-order chi connectivity index (χ0) is 17.5. The summed E-state index contributed by atoms with van der Waals surface area (Å²) in [4.78, 5) is 24.4. The van der Waals surface area contributed by atoms with E-state index in [1.807, 2.05) is 24.3 Å². The standard InChI is InChI=1S/C19H21NO4/c1-4-14-9-11-15(12-10-14)20-18(21)13(2)24-19(22)16-7-5-6-8-17(16)23-3/h5-13H,4H2,1-3H3,(H,20,21)/t13-/m0/s1. The van der Waals surface area contributed by atoms with E-state index in [0.717, 1.165) is 6.42 Å². The number of ether oxygens (including phenoxy) is 2. The number of anilines is 1. The fraction of sp³-hybridized carbons (Fsp3) is 0.263. The minimum Gasteiger partial charge on any atom is -0.496 e. The molecular weight excluding hydrogens is 306 g/mol. The Hall–Kier alpha value is -2.82. The average Bonchev–Trinajstić information content (AvgIpc) is 2.62. The Balaban J connectivity index is 1.98. The summed E-state index contributed by atoms with van der Waals surface area (Å²) >= 11 is 0. The second kappa shape index (κ2) is 8.15. The topological polar surface area (TPSA) is 64.6 Å². The molecule has 2 rings (SSSR count). The summed E-state index contributed by atoms with van der Waals surface area (Å²) in [6, 6.07) is 14.3. The molecule has 0 aliphatic heterocycles. The quantitative estimate of drug-likeness (QED) is 0.826. The molecule has 0 unspecified atom stereocenters. The Kier molecular flexibility index (Phi) is 5.95.